The van der Waals surface area contributed by atoms with E-state index in [2.05, 4.69) is 4.98 Å². The Bertz CT molecular complexity index is 855. The van der Waals surface area contributed by atoms with Gasteiger partial charge < -0.3 is 15.5 Å². The van der Waals surface area contributed by atoms with Crippen molar-refractivity contribution in [3.05, 3.63) is 59.9 Å². The lowest BCUT2D eigenvalue weighted by molar-refractivity contribution is -0.144. The molecule has 1 atom stereocenters. The topological polar surface area (TPSA) is 68.1 Å². The monoisotopic (exact) mass is 326 g/mol. The molecule has 0 aliphatic rings. The summed E-state index contributed by atoms with van der Waals surface area (Å²) < 4.78 is 18.2. The smallest absolute Gasteiger partial charge is 0.323 e. The molecule has 0 spiro atoms. The summed E-state index contributed by atoms with van der Waals surface area (Å²) in [6.07, 6.45) is 0.343. The van der Waals surface area contributed by atoms with Gasteiger partial charge in [0.2, 0.25) is 0 Å². The predicted octanol–water partition coefficient (Wildman–Crippen LogP) is 3.41. The van der Waals surface area contributed by atoms with E-state index in [1.165, 1.54) is 12.1 Å². The van der Waals surface area contributed by atoms with Crippen molar-refractivity contribution in [3.63, 3.8) is 0 Å². The SMILES string of the molecule is CCOC(=O)C(N)Cc1c(-c2ccc(F)cc2)[nH]c2ccccc12. The third-order valence-electron chi connectivity index (χ3n) is 3.96. The number of halogens is 1. The Morgan fingerprint density at radius 1 is 1.21 bits per heavy atom. The number of nitrogens with one attached hydrogen (secondary N) is 1. The van der Waals surface area contributed by atoms with Crippen molar-refractivity contribution in [1.29, 1.82) is 0 Å². The number of aromatic amines is 1. The zero-order valence-electron chi connectivity index (χ0n) is 13.4. The molecule has 3 N–H and O–H groups in total. The molecule has 124 valence electrons. The number of hydrogen-bond donors (Lipinski definition) is 2. The normalized spacial score (nSPS) is 12.3. The number of benzene rings is 2. The van der Waals surface area contributed by atoms with E-state index in [0.717, 1.165) is 27.7 Å². The highest BCUT2D eigenvalue weighted by Gasteiger charge is 2.21. The summed E-state index contributed by atoms with van der Waals surface area (Å²) >= 11 is 0. The number of para-hydroxylation sites is 1. The van der Waals surface area contributed by atoms with Gasteiger partial charge in [0.15, 0.2) is 0 Å². The molecule has 3 aromatic rings. The number of ether oxygens (including phenoxy) is 1. The van der Waals surface area contributed by atoms with Crippen molar-refractivity contribution >= 4 is 16.9 Å². The van der Waals surface area contributed by atoms with Crippen LogP contribution >= 0.6 is 0 Å². The lowest BCUT2D eigenvalue weighted by Crippen LogP contribution is -2.34. The summed E-state index contributed by atoms with van der Waals surface area (Å²) in [7, 11) is 0. The highest BCUT2D eigenvalue weighted by molar-refractivity contribution is 5.91. The van der Waals surface area contributed by atoms with Gasteiger partial charge in [0.05, 0.1) is 6.61 Å². The lowest BCUT2D eigenvalue weighted by atomic mass is 9.99. The van der Waals surface area contributed by atoms with Crippen LogP contribution in [0.15, 0.2) is 48.5 Å². The molecule has 5 heteroatoms. The van der Waals surface area contributed by atoms with Gasteiger partial charge in [-0.3, -0.25) is 4.79 Å². The van der Waals surface area contributed by atoms with E-state index in [-0.39, 0.29) is 5.82 Å². The molecule has 0 saturated carbocycles. The van der Waals surface area contributed by atoms with Crippen LogP contribution in [-0.2, 0) is 16.0 Å². The van der Waals surface area contributed by atoms with Crippen molar-refractivity contribution < 1.29 is 13.9 Å². The van der Waals surface area contributed by atoms with E-state index in [1.807, 2.05) is 24.3 Å². The van der Waals surface area contributed by atoms with Crippen LogP contribution in [0.4, 0.5) is 4.39 Å². The molecule has 1 heterocycles. The molecule has 0 radical (unpaired) electrons. The van der Waals surface area contributed by atoms with Gasteiger partial charge in [0, 0.05) is 23.0 Å². The summed E-state index contributed by atoms with van der Waals surface area (Å²) in [6.45, 7) is 2.05. The number of hydrogen-bond acceptors (Lipinski definition) is 3. The van der Waals surface area contributed by atoms with Gasteiger partial charge in [0.25, 0.3) is 0 Å². The van der Waals surface area contributed by atoms with E-state index in [1.54, 1.807) is 19.1 Å². The number of carbonyl (C=O) groups is 1. The van der Waals surface area contributed by atoms with Crippen LogP contribution < -0.4 is 5.73 Å². The lowest BCUT2D eigenvalue weighted by Gasteiger charge is -2.12. The van der Waals surface area contributed by atoms with E-state index in [4.69, 9.17) is 10.5 Å². The quantitative estimate of drug-likeness (QED) is 0.706. The Morgan fingerprint density at radius 2 is 1.92 bits per heavy atom. The molecule has 0 saturated heterocycles. The second-order valence-corrected chi connectivity index (χ2v) is 5.59. The first-order valence-corrected chi connectivity index (χ1v) is 7.88. The molecule has 1 aromatic heterocycles. The Labute approximate surface area is 139 Å². The molecule has 24 heavy (non-hydrogen) atoms. The maximum absolute atomic E-state index is 13.2. The molecule has 0 amide bonds. The van der Waals surface area contributed by atoms with Crippen molar-refractivity contribution in [1.82, 2.24) is 4.98 Å². The van der Waals surface area contributed by atoms with Gasteiger partial charge in [-0.15, -0.1) is 0 Å². The number of aromatic nitrogens is 1. The first-order chi connectivity index (χ1) is 11.6. The van der Waals surface area contributed by atoms with Crippen molar-refractivity contribution in [2.24, 2.45) is 5.73 Å². The maximum atomic E-state index is 13.2. The fourth-order valence-electron chi connectivity index (χ4n) is 2.83. The first-order valence-electron chi connectivity index (χ1n) is 7.88. The Hall–Kier alpha value is -2.66. The summed E-state index contributed by atoms with van der Waals surface area (Å²) in [4.78, 5) is 15.2. The molecular weight excluding hydrogens is 307 g/mol. The van der Waals surface area contributed by atoms with E-state index in [9.17, 15) is 9.18 Å². The minimum atomic E-state index is -0.747. The van der Waals surface area contributed by atoms with E-state index in [0.29, 0.717) is 13.0 Å². The van der Waals surface area contributed by atoms with Gasteiger partial charge >= 0.3 is 5.97 Å². The van der Waals surface area contributed by atoms with Crippen LogP contribution in [0.1, 0.15) is 12.5 Å². The van der Waals surface area contributed by atoms with Gasteiger partial charge in [-0.25, -0.2) is 4.39 Å². The molecule has 2 aromatic carbocycles. The standard InChI is InChI=1S/C19H19FN2O2/c1-2-24-19(23)16(21)11-15-14-5-3-4-6-17(14)22-18(15)12-7-9-13(20)10-8-12/h3-10,16,22H,2,11,21H2,1H3. The highest BCUT2D eigenvalue weighted by Crippen LogP contribution is 2.31. The second-order valence-electron chi connectivity index (χ2n) is 5.59. The number of fused-ring (bicyclic) bond motifs is 1. The highest BCUT2D eigenvalue weighted by atomic mass is 19.1. The zero-order valence-corrected chi connectivity index (χ0v) is 13.4. The molecular formula is C19H19FN2O2. The summed E-state index contributed by atoms with van der Waals surface area (Å²) in [6, 6.07) is 13.3. The Morgan fingerprint density at radius 3 is 2.62 bits per heavy atom. The minimum absolute atomic E-state index is 0.292. The summed E-state index contributed by atoms with van der Waals surface area (Å²) in [5.41, 5.74) is 9.57. The Kier molecular flexibility index (Phi) is 4.62. The number of rotatable bonds is 5. The van der Waals surface area contributed by atoms with Gasteiger partial charge in [0.1, 0.15) is 11.9 Å². The van der Waals surface area contributed by atoms with Crippen LogP contribution in [0.3, 0.4) is 0 Å². The van der Waals surface area contributed by atoms with Crippen LogP contribution in [0.2, 0.25) is 0 Å². The summed E-state index contributed by atoms with van der Waals surface area (Å²) in [5, 5.41) is 0.997. The van der Waals surface area contributed by atoms with E-state index < -0.39 is 12.0 Å². The largest absolute Gasteiger partial charge is 0.465 e. The number of H-pyrrole nitrogens is 1. The van der Waals surface area contributed by atoms with Crippen molar-refractivity contribution in [3.8, 4) is 11.3 Å². The Balaban J connectivity index is 2.05. The fraction of sp³-hybridized carbons (Fsp3) is 0.211. The summed E-state index contributed by atoms with van der Waals surface area (Å²) in [5.74, 6) is -0.715. The first kappa shape index (κ1) is 16.2. The minimum Gasteiger partial charge on any atom is -0.465 e. The molecule has 0 aliphatic heterocycles. The van der Waals surface area contributed by atoms with Gasteiger partial charge in [-0.2, -0.15) is 0 Å². The number of esters is 1. The molecule has 4 nitrogen and oxygen atoms in total. The maximum Gasteiger partial charge on any atom is 0.323 e. The van der Waals surface area contributed by atoms with E-state index >= 15 is 0 Å². The third kappa shape index (κ3) is 3.16. The zero-order chi connectivity index (χ0) is 17.1. The average Bonchev–Trinajstić information content (AvgIpc) is 2.94. The molecule has 0 aliphatic carbocycles. The predicted molar refractivity (Wildman–Crippen MR) is 92.0 cm³/mol. The second kappa shape index (κ2) is 6.84. The number of carbonyl (C=O) groups excluding carboxylic acids is 1. The van der Waals surface area contributed by atoms with Gasteiger partial charge in [-0.1, -0.05) is 18.2 Å². The molecule has 1 unspecified atom stereocenters. The van der Waals surface area contributed by atoms with Crippen molar-refractivity contribution in [2.45, 2.75) is 19.4 Å². The van der Waals surface area contributed by atoms with Gasteiger partial charge in [-0.05, 0) is 48.4 Å². The molecule has 3 rings (SSSR count). The third-order valence-corrected chi connectivity index (χ3v) is 3.96. The van der Waals surface area contributed by atoms with Crippen molar-refractivity contribution in [2.75, 3.05) is 6.61 Å². The van der Waals surface area contributed by atoms with Crippen LogP contribution in [0.25, 0.3) is 22.2 Å². The number of nitrogens with two attached hydrogens (primary N) is 1. The molecule has 0 bridgehead atoms. The van der Waals surface area contributed by atoms with Crippen LogP contribution in [0, 0.1) is 5.82 Å². The van der Waals surface area contributed by atoms with Crippen LogP contribution in [-0.4, -0.2) is 23.6 Å². The average molecular weight is 326 g/mol. The fourth-order valence-corrected chi connectivity index (χ4v) is 2.83. The molecule has 0 fully saturated rings. The van der Waals surface area contributed by atoms with Crippen LogP contribution in [0.5, 0.6) is 0 Å².